The lowest BCUT2D eigenvalue weighted by Crippen LogP contribution is -2.37. The van der Waals surface area contributed by atoms with Crippen molar-refractivity contribution in [1.82, 2.24) is 9.88 Å². The second kappa shape index (κ2) is 6.38. The van der Waals surface area contributed by atoms with E-state index < -0.39 is 0 Å². The van der Waals surface area contributed by atoms with Crippen LogP contribution >= 0.6 is 0 Å². The summed E-state index contributed by atoms with van der Waals surface area (Å²) >= 11 is 0. The van der Waals surface area contributed by atoms with Crippen molar-refractivity contribution in [2.75, 3.05) is 18.8 Å². The van der Waals surface area contributed by atoms with E-state index in [1.165, 1.54) is 0 Å². The monoisotopic (exact) mass is 249 g/mol. The minimum absolute atomic E-state index is 0.0338. The lowest BCUT2D eigenvalue weighted by Gasteiger charge is -2.26. The highest BCUT2D eigenvalue weighted by Gasteiger charge is 2.18. The zero-order valence-electron chi connectivity index (χ0n) is 11.7. The number of carbonyl (C=O) groups is 1. The number of anilines is 1. The first-order chi connectivity index (χ1) is 8.40. The SMILES string of the molecule is CC(C)CN(CC(C)C)C(=O)c1ccnc(N)c1. The normalized spacial score (nSPS) is 11.0. The van der Waals surface area contributed by atoms with Gasteiger partial charge in [0.1, 0.15) is 5.82 Å². The van der Waals surface area contributed by atoms with Crippen molar-refractivity contribution in [3.05, 3.63) is 23.9 Å². The third-order valence-corrected chi connectivity index (χ3v) is 2.49. The van der Waals surface area contributed by atoms with Gasteiger partial charge in [-0.1, -0.05) is 27.7 Å². The molecule has 0 aromatic carbocycles. The molecule has 0 aliphatic carbocycles. The van der Waals surface area contributed by atoms with Gasteiger partial charge in [-0.2, -0.15) is 0 Å². The number of pyridine rings is 1. The van der Waals surface area contributed by atoms with Gasteiger partial charge >= 0.3 is 0 Å². The van der Waals surface area contributed by atoms with E-state index in [-0.39, 0.29) is 5.91 Å². The van der Waals surface area contributed by atoms with Crippen LogP contribution in [0.4, 0.5) is 5.82 Å². The summed E-state index contributed by atoms with van der Waals surface area (Å²) in [6, 6.07) is 3.35. The Morgan fingerprint density at radius 3 is 2.28 bits per heavy atom. The third kappa shape index (κ3) is 4.35. The van der Waals surface area contributed by atoms with E-state index in [4.69, 9.17) is 5.73 Å². The van der Waals surface area contributed by atoms with Gasteiger partial charge in [-0.25, -0.2) is 4.98 Å². The molecular formula is C14H23N3O. The zero-order valence-corrected chi connectivity index (χ0v) is 11.7. The van der Waals surface area contributed by atoms with Crippen molar-refractivity contribution in [2.45, 2.75) is 27.7 Å². The molecule has 100 valence electrons. The zero-order chi connectivity index (χ0) is 13.7. The van der Waals surface area contributed by atoms with Gasteiger partial charge in [0.15, 0.2) is 0 Å². The Morgan fingerprint density at radius 1 is 1.28 bits per heavy atom. The molecule has 1 rings (SSSR count). The van der Waals surface area contributed by atoms with E-state index in [2.05, 4.69) is 32.7 Å². The van der Waals surface area contributed by atoms with E-state index >= 15 is 0 Å². The van der Waals surface area contributed by atoms with Gasteiger partial charge in [-0.05, 0) is 24.0 Å². The van der Waals surface area contributed by atoms with E-state index in [0.29, 0.717) is 23.2 Å². The van der Waals surface area contributed by atoms with Crippen molar-refractivity contribution >= 4 is 11.7 Å². The molecule has 1 aromatic rings. The van der Waals surface area contributed by atoms with E-state index in [1.54, 1.807) is 18.3 Å². The van der Waals surface area contributed by atoms with Gasteiger partial charge < -0.3 is 10.6 Å². The molecule has 4 nitrogen and oxygen atoms in total. The molecule has 0 bridgehead atoms. The van der Waals surface area contributed by atoms with Crippen molar-refractivity contribution in [2.24, 2.45) is 11.8 Å². The molecule has 1 amide bonds. The third-order valence-electron chi connectivity index (χ3n) is 2.49. The van der Waals surface area contributed by atoms with Crippen LogP contribution in [0.1, 0.15) is 38.1 Å². The number of hydrogen-bond acceptors (Lipinski definition) is 3. The number of hydrogen-bond donors (Lipinski definition) is 1. The molecule has 2 N–H and O–H groups in total. The van der Waals surface area contributed by atoms with Crippen LogP contribution in [-0.4, -0.2) is 28.9 Å². The molecule has 0 spiro atoms. The molecule has 0 fully saturated rings. The summed E-state index contributed by atoms with van der Waals surface area (Å²) < 4.78 is 0. The molecule has 0 unspecified atom stereocenters. The average molecular weight is 249 g/mol. The Bertz CT molecular complexity index is 392. The topological polar surface area (TPSA) is 59.2 Å². The smallest absolute Gasteiger partial charge is 0.254 e. The Hall–Kier alpha value is -1.58. The summed E-state index contributed by atoms with van der Waals surface area (Å²) in [6.45, 7) is 9.98. The minimum atomic E-state index is 0.0338. The maximum Gasteiger partial charge on any atom is 0.254 e. The highest BCUT2D eigenvalue weighted by atomic mass is 16.2. The first kappa shape index (κ1) is 14.5. The fourth-order valence-electron chi connectivity index (χ4n) is 1.89. The number of aromatic nitrogens is 1. The van der Waals surface area contributed by atoms with Crippen LogP contribution in [0.2, 0.25) is 0 Å². The van der Waals surface area contributed by atoms with E-state index in [9.17, 15) is 4.79 Å². The summed E-state index contributed by atoms with van der Waals surface area (Å²) in [5, 5.41) is 0. The number of rotatable bonds is 5. The molecule has 0 aliphatic rings. The Morgan fingerprint density at radius 2 is 1.83 bits per heavy atom. The van der Waals surface area contributed by atoms with Crippen molar-refractivity contribution in [1.29, 1.82) is 0 Å². The van der Waals surface area contributed by atoms with Crippen molar-refractivity contribution in [3.63, 3.8) is 0 Å². The van der Waals surface area contributed by atoms with Crippen LogP contribution in [0.5, 0.6) is 0 Å². The van der Waals surface area contributed by atoms with Crippen LogP contribution in [0, 0.1) is 11.8 Å². The highest BCUT2D eigenvalue weighted by molar-refractivity contribution is 5.94. The second-order valence-electron chi connectivity index (χ2n) is 5.47. The number of nitrogen functional groups attached to an aromatic ring is 1. The molecule has 4 heteroatoms. The standard InChI is InChI=1S/C14H23N3O/c1-10(2)8-17(9-11(3)4)14(18)12-5-6-16-13(15)7-12/h5-7,10-11H,8-9H2,1-4H3,(H2,15,16). The Kier molecular flexibility index (Phi) is 5.13. The van der Waals surface area contributed by atoms with Gasteiger partial charge in [0.05, 0.1) is 0 Å². The van der Waals surface area contributed by atoms with Crippen molar-refractivity contribution in [3.8, 4) is 0 Å². The van der Waals surface area contributed by atoms with Gasteiger partial charge in [-0.3, -0.25) is 4.79 Å². The quantitative estimate of drug-likeness (QED) is 0.871. The average Bonchev–Trinajstić information content (AvgIpc) is 2.26. The van der Waals surface area contributed by atoms with Crippen molar-refractivity contribution < 1.29 is 4.79 Å². The molecule has 1 heterocycles. The van der Waals surface area contributed by atoms with Gasteiger partial charge in [0, 0.05) is 24.8 Å². The highest BCUT2D eigenvalue weighted by Crippen LogP contribution is 2.11. The fraction of sp³-hybridized carbons (Fsp3) is 0.571. The van der Waals surface area contributed by atoms with Crippen LogP contribution < -0.4 is 5.73 Å². The van der Waals surface area contributed by atoms with E-state index in [1.807, 2.05) is 4.90 Å². The molecular weight excluding hydrogens is 226 g/mol. The summed E-state index contributed by atoms with van der Waals surface area (Å²) in [6.07, 6.45) is 1.57. The molecule has 18 heavy (non-hydrogen) atoms. The molecule has 1 aromatic heterocycles. The van der Waals surface area contributed by atoms with Crippen LogP contribution in [-0.2, 0) is 0 Å². The van der Waals surface area contributed by atoms with Crippen LogP contribution in [0.3, 0.4) is 0 Å². The van der Waals surface area contributed by atoms with Gasteiger partial charge in [-0.15, -0.1) is 0 Å². The lowest BCUT2D eigenvalue weighted by atomic mass is 10.1. The maximum absolute atomic E-state index is 12.4. The molecule has 0 saturated heterocycles. The number of carbonyl (C=O) groups excluding carboxylic acids is 1. The Balaban J connectivity index is 2.87. The molecule has 0 atom stereocenters. The summed E-state index contributed by atoms with van der Waals surface area (Å²) in [7, 11) is 0. The number of amides is 1. The van der Waals surface area contributed by atoms with Crippen LogP contribution in [0.15, 0.2) is 18.3 Å². The van der Waals surface area contributed by atoms with Gasteiger partial charge in [0.2, 0.25) is 0 Å². The fourth-order valence-corrected chi connectivity index (χ4v) is 1.89. The second-order valence-corrected chi connectivity index (χ2v) is 5.47. The first-order valence-corrected chi connectivity index (χ1v) is 6.41. The maximum atomic E-state index is 12.4. The number of nitrogens with two attached hydrogens (primary N) is 1. The summed E-state index contributed by atoms with van der Waals surface area (Å²) in [5.74, 6) is 1.32. The van der Waals surface area contributed by atoms with E-state index in [0.717, 1.165) is 13.1 Å². The first-order valence-electron chi connectivity index (χ1n) is 6.41. The van der Waals surface area contributed by atoms with Gasteiger partial charge in [0.25, 0.3) is 5.91 Å². The molecule has 0 saturated carbocycles. The minimum Gasteiger partial charge on any atom is -0.384 e. The van der Waals surface area contributed by atoms with Crippen LogP contribution in [0.25, 0.3) is 0 Å². The summed E-state index contributed by atoms with van der Waals surface area (Å²) in [4.78, 5) is 18.2. The Labute approximate surface area is 109 Å². The predicted octanol–water partition coefficient (Wildman–Crippen LogP) is 2.42. The largest absolute Gasteiger partial charge is 0.384 e. The molecule has 0 radical (unpaired) electrons. The molecule has 0 aliphatic heterocycles. The number of nitrogens with zero attached hydrogens (tertiary/aromatic N) is 2. The predicted molar refractivity (Wildman–Crippen MR) is 74.2 cm³/mol. The summed E-state index contributed by atoms with van der Waals surface area (Å²) in [5.41, 5.74) is 6.23. The lowest BCUT2D eigenvalue weighted by molar-refractivity contribution is 0.0715.